The molecule has 0 unspecified atom stereocenters. The Hall–Kier alpha value is -0.820. The van der Waals surface area contributed by atoms with E-state index in [-0.39, 0.29) is 0 Å². The summed E-state index contributed by atoms with van der Waals surface area (Å²) in [6.07, 6.45) is 3.66. The molecule has 0 spiro atoms. The first kappa shape index (κ1) is 12.3. The molecule has 0 radical (unpaired) electrons. The number of benzene rings is 1. The molecule has 0 aliphatic heterocycles. The molecule has 0 fully saturated rings. The molecule has 0 amide bonds. The fourth-order valence-corrected chi connectivity index (χ4v) is 1.79. The van der Waals surface area contributed by atoms with Crippen molar-refractivity contribution in [3.8, 4) is 0 Å². The van der Waals surface area contributed by atoms with Crippen LogP contribution in [0.25, 0.3) is 0 Å². The molecule has 0 aromatic heterocycles. The lowest BCUT2D eigenvalue weighted by molar-refractivity contribution is 0.639. The van der Waals surface area contributed by atoms with Crippen LogP contribution in [-0.4, -0.2) is 13.1 Å². The molecule has 1 aromatic carbocycles. The number of rotatable bonds is 6. The van der Waals surface area contributed by atoms with Crippen LogP contribution in [0.5, 0.6) is 0 Å². The lowest BCUT2D eigenvalue weighted by Crippen LogP contribution is -2.16. The summed E-state index contributed by atoms with van der Waals surface area (Å²) < 4.78 is 0. The molecule has 1 aromatic rings. The van der Waals surface area contributed by atoms with Crippen LogP contribution in [0.3, 0.4) is 0 Å². The van der Waals surface area contributed by atoms with Gasteiger partial charge in [0.15, 0.2) is 0 Å². The average molecular weight is 205 g/mol. The van der Waals surface area contributed by atoms with Crippen LogP contribution in [0.1, 0.15) is 36.5 Å². The van der Waals surface area contributed by atoms with Gasteiger partial charge in [-0.25, -0.2) is 0 Å². The van der Waals surface area contributed by atoms with Gasteiger partial charge in [0, 0.05) is 0 Å². The smallest absolute Gasteiger partial charge is 0.00457 e. The Morgan fingerprint density at radius 3 is 2.67 bits per heavy atom. The van der Waals surface area contributed by atoms with Gasteiger partial charge in [-0.15, -0.1) is 0 Å². The van der Waals surface area contributed by atoms with E-state index < -0.39 is 0 Å². The fraction of sp³-hybridized carbons (Fsp3) is 0.571. The van der Waals surface area contributed by atoms with Crippen LogP contribution in [0.4, 0.5) is 0 Å². The maximum Gasteiger partial charge on any atom is -0.00457 e. The SMILES string of the molecule is CCCNCCCc1cccc(C)c1C. The van der Waals surface area contributed by atoms with E-state index >= 15 is 0 Å². The van der Waals surface area contributed by atoms with Crippen LogP contribution in [0, 0.1) is 13.8 Å². The average Bonchev–Trinajstić information content (AvgIpc) is 2.24. The van der Waals surface area contributed by atoms with E-state index in [0.29, 0.717) is 0 Å². The van der Waals surface area contributed by atoms with Gasteiger partial charge in [0.2, 0.25) is 0 Å². The molecule has 0 aliphatic carbocycles. The highest BCUT2D eigenvalue weighted by Crippen LogP contribution is 2.13. The molecule has 84 valence electrons. The number of nitrogens with one attached hydrogen (secondary N) is 1. The van der Waals surface area contributed by atoms with Crippen molar-refractivity contribution in [3.63, 3.8) is 0 Å². The summed E-state index contributed by atoms with van der Waals surface area (Å²) >= 11 is 0. The molecule has 0 saturated heterocycles. The van der Waals surface area contributed by atoms with Crippen molar-refractivity contribution in [3.05, 3.63) is 34.9 Å². The second-order valence-corrected chi connectivity index (χ2v) is 4.21. The normalized spacial score (nSPS) is 10.6. The monoisotopic (exact) mass is 205 g/mol. The highest BCUT2D eigenvalue weighted by Gasteiger charge is 1.99. The zero-order chi connectivity index (χ0) is 11.1. The lowest BCUT2D eigenvalue weighted by atomic mass is 10.00. The molecule has 15 heavy (non-hydrogen) atoms. The largest absolute Gasteiger partial charge is 0.317 e. The second-order valence-electron chi connectivity index (χ2n) is 4.21. The van der Waals surface area contributed by atoms with Crippen molar-refractivity contribution in [2.45, 2.75) is 40.0 Å². The molecule has 0 aliphatic rings. The predicted octanol–water partition coefficient (Wildman–Crippen LogP) is 3.24. The Morgan fingerprint density at radius 1 is 1.13 bits per heavy atom. The van der Waals surface area contributed by atoms with Crippen LogP contribution >= 0.6 is 0 Å². The number of aryl methyl sites for hydroxylation is 2. The zero-order valence-electron chi connectivity index (χ0n) is 10.3. The minimum Gasteiger partial charge on any atom is -0.317 e. The van der Waals surface area contributed by atoms with E-state index in [1.54, 1.807) is 0 Å². The quantitative estimate of drug-likeness (QED) is 0.703. The maximum absolute atomic E-state index is 3.44. The Balaban J connectivity index is 2.34. The van der Waals surface area contributed by atoms with Gasteiger partial charge in [0.05, 0.1) is 0 Å². The molecule has 1 heteroatoms. The van der Waals surface area contributed by atoms with E-state index in [9.17, 15) is 0 Å². The van der Waals surface area contributed by atoms with Crippen LogP contribution < -0.4 is 5.32 Å². The van der Waals surface area contributed by atoms with Gasteiger partial charge >= 0.3 is 0 Å². The molecular weight excluding hydrogens is 182 g/mol. The molecule has 1 rings (SSSR count). The molecule has 1 nitrogen and oxygen atoms in total. The Labute approximate surface area is 93.9 Å². The molecule has 0 saturated carbocycles. The Bertz CT molecular complexity index is 291. The third-order valence-electron chi connectivity index (χ3n) is 2.94. The van der Waals surface area contributed by atoms with E-state index in [1.807, 2.05) is 0 Å². The first-order valence-corrected chi connectivity index (χ1v) is 6.01. The van der Waals surface area contributed by atoms with Crippen molar-refractivity contribution in [2.75, 3.05) is 13.1 Å². The summed E-state index contributed by atoms with van der Waals surface area (Å²) in [5.41, 5.74) is 4.38. The molecule has 0 heterocycles. The van der Waals surface area contributed by atoms with Crippen LogP contribution in [0.15, 0.2) is 18.2 Å². The highest BCUT2D eigenvalue weighted by atomic mass is 14.8. The van der Waals surface area contributed by atoms with Crippen molar-refractivity contribution in [2.24, 2.45) is 0 Å². The van der Waals surface area contributed by atoms with Gasteiger partial charge in [-0.05, 0) is 62.9 Å². The van der Waals surface area contributed by atoms with Crippen molar-refractivity contribution in [1.29, 1.82) is 0 Å². The lowest BCUT2D eigenvalue weighted by Gasteiger charge is -2.08. The summed E-state index contributed by atoms with van der Waals surface area (Å²) in [5, 5.41) is 3.44. The summed E-state index contributed by atoms with van der Waals surface area (Å²) in [7, 11) is 0. The topological polar surface area (TPSA) is 12.0 Å². The van der Waals surface area contributed by atoms with E-state index in [0.717, 1.165) is 13.1 Å². The predicted molar refractivity (Wildman–Crippen MR) is 67.4 cm³/mol. The number of hydrogen-bond acceptors (Lipinski definition) is 1. The van der Waals surface area contributed by atoms with Crippen molar-refractivity contribution in [1.82, 2.24) is 5.32 Å². The van der Waals surface area contributed by atoms with Gasteiger partial charge in [-0.2, -0.15) is 0 Å². The third kappa shape index (κ3) is 4.05. The van der Waals surface area contributed by atoms with E-state index in [4.69, 9.17) is 0 Å². The molecule has 1 N–H and O–H groups in total. The minimum atomic E-state index is 1.14. The highest BCUT2D eigenvalue weighted by molar-refractivity contribution is 5.33. The van der Waals surface area contributed by atoms with Gasteiger partial charge < -0.3 is 5.32 Å². The first-order valence-electron chi connectivity index (χ1n) is 6.01. The minimum absolute atomic E-state index is 1.14. The molecule has 0 bridgehead atoms. The van der Waals surface area contributed by atoms with Crippen molar-refractivity contribution >= 4 is 0 Å². The Morgan fingerprint density at radius 2 is 1.93 bits per heavy atom. The first-order chi connectivity index (χ1) is 7.25. The zero-order valence-corrected chi connectivity index (χ0v) is 10.3. The molecule has 0 atom stereocenters. The summed E-state index contributed by atoms with van der Waals surface area (Å²) in [5.74, 6) is 0. The second kappa shape index (κ2) is 6.62. The third-order valence-corrected chi connectivity index (χ3v) is 2.94. The number of hydrogen-bond donors (Lipinski definition) is 1. The summed E-state index contributed by atoms with van der Waals surface area (Å²) in [6.45, 7) is 8.91. The van der Waals surface area contributed by atoms with Gasteiger partial charge in [-0.3, -0.25) is 0 Å². The van der Waals surface area contributed by atoms with E-state index in [2.05, 4.69) is 44.3 Å². The van der Waals surface area contributed by atoms with Gasteiger partial charge in [-0.1, -0.05) is 25.1 Å². The summed E-state index contributed by atoms with van der Waals surface area (Å²) in [4.78, 5) is 0. The Kier molecular flexibility index (Phi) is 5.41. The van der Waals surface area contributed by atoms with E-state index in [1.165, 1.54) is 36.0 Å². The van der Waals surface area contributed by atoms with Crippen LogP contribution in [-0.2, 0) is 6.42 Å². The van der Waals surface area contributed by atoms with Crippen molar-refractivity contribution < 1.29 is 0 Å². The summed E-state index contributed by atoms with van der Waals surface area (Å²) in [6, 6.07) is 6.60. The molecular formula is C14H23N. The van der Waals surface area contributed by atoms with Gasteiger partial charge in [0.1, 0.15) is 0 Å². The fourth-order valence-electron chi connectivity index (χ4n) is 1.79. The maximum atomic E-state index is 3.44. The van der Waals surface area contributed by atoms with Gasteiger partial charge in [0.25, 0.3) is 0 Å². The van der Waals surface area contributed by atoms with Crippen LogP contribution in [0.2, 0.25) is 0 Å². The standard InChI is InChI=1S/C14H23N/c1-4-10-15-11-6-9-14-8-5-7-12(2)13(14)3/h5,7-8,15H,4,6,9-11H2,1-3H3.